The molecule has 0 amide bonds. The van der Waals surface area contributed by atoms with Gasteiger partial charge in [0.15, 0.2) is 5.78 Å². The number of aromatic nitrogens is 1. The van der Waals surface area contributed by atoms with E-state index in [2.05, 4.69) is 4.98 Å². The number of thiophene rings is 1. The number of carbonyl (C=O) groups excluding carboxylic acids is 1. The van der Waals surface area contributed by atoms with Crippen LogP contribution < -0.4 is 0 Å². The molecule has 0 N–H and O–H groups in total. The molecule has 0 fully saturated rings. The zero-order chi connectivity index (χ0) is 10.7. The second-order valence-corrected chi connectivity index (χ2v) is 5.65. The van der Waals surface area contributed by atoms with Gasteiger partial charge in [0, 0.05) is 24.4 Å². The molecule has 0 radical (unpaired) electrons. The van der Waals surface area contributed by atoms with Gasteiger partial charge in [-0.25, -0.2) is 4.98 Å². The third-order valence-electron chi connectivity index (χ3n) is 1.90. The molecule has 0 saturated carbocycles. The van der Waals surface area contributed by atoms with Crippen LogP contribution in [0.5, 0.6) is 0 Å². The maximum Gasteiger partial charge on any atom is 0.173 e. The van der Waals surface area contributed by atoms with Crippen molar-refractivity contribution in [1.29, 1.82) is 0 Å². The Hall–Kier alpha value is -0.710. The Balaban J connectivity index is 1.93. The molecule has 2 nitrogen and oxygen atoms in total. The lowest BCUT2D eigenvalue weighted by Gasteiger charge is -1.94. The van der Waals surface area contributed by atoms with Crippen molar-refractivity contribution in [3.8, 4) is 0 Å². The molecule has 0 atom stereocenters. The first kappa shape index (κ1) is 10.8. The number of aryl methyl sites for hydroxylation is 1. The van der Waals surface area contributed by atoms with E-state index in [4.69, 9.17) is 11.6 Å². The fourth-order valence-electron chi connectivity index (χ4n) is 1.18. The third kappa shape index (κ3) is 2.87. The monoisotopic (exact) mass is 257 g/mol. The van der Waals surface area contributed by atoms with Gasteiger partial charge in [-0.15, -0.1) is 22.7 Å². The molecule has 0 saturated heterocycles. The van der Waals surface area contributed by atoms with E-state index in [1.54, 1.807) is 29.7 Å². The number of ketones is 1. The number of Topliss-reactive ketones (excluding diaryl/α,β-unsaturated/α-hetero) is 1. The van der Waals surface area contributed by atoms with Gasteiger partial charge >= 0.3 is 0 Å². The number of rotatable bonds is 4. The predicted octanol–water partition coefficient (Wildman–Crippen LogP) is 3.67. The first-order valence-electron chi connectivity index (χ1n) is 4.42. The van der Waals surface area contributed by atoms with Crippen LogP contribution in [0.2, 0.25) is 4.34 Å². The zero-order valence-corrected chi connectivity index (χ0v) is 10.2. The maximum absolute atomic E-state index is 11.7. The van der Waals surface area contributed by atoms with Gasteiger partial charge in [-0.1, -0.05) is 11.6 Å². The van der Waals surface area contributed by atoms with E-state index < -0.39 is 0 Å². The fraction of sp³-hybridized carbons (Fsp3) is 0.200. The van der Waals surface area contributed by atoms with Crippen LogP contribution in [0.3, 0.4) is 0 Å². The van der Waals surface area contributed by atoms with Crippen molar-refractivity contribution in [3.05, 3.63) is 37.9 Å². The molecule has 2 rings (SSSR count). The van der Waals surface area contributed by atoms with Gasteiger partial charge in [0.25, 0.3) is 0 Å². The second-order valence-electron chi connectivity index (χ2n) is 2.95. The van der Waals surface area contributed by atoms with Crippen LogP contribution in [0.15, 0.2) is 23.7 Å². The van der Waals surface area contributed by atoms with Crippen LogP contribution in [0.4, 0.5) is 0 Å². The average Bonchev–Trinajstić information content (AvgIpc) is 2.84. The topological polar surface area (TPSA) is 30.0 Å². The molecule has 0 aliphatic carbocycles. The Morgan fingerprint density at radius 2 is 2.33 bits per heavy atom. The Morgan fingerprint density at radius 3 is 2.93 bits per heavy atom. The summed E-state index contributed by atoms with van der Waals surface area (Å²) in [6.07, 6.45) is 2.98. The van der Waals surface area contributed by atoms with Crippen molar-refractivity contribution >= 4 is 40.1 Å². The molecule has 0 bridgehead atoms. The van der Waals surface area contributed by atoms with Gasteiger partial charge in [0.1, 0.15) is 0 Å². The normalized spacial score (nSPS) is 10.5. The van der Waals surface area contributed by atoms with Gasteiger partial charge in [-0.3, -0.25) is 4.79 Å². The van der Waals surface area contributed by atoms with E-state index >= 15 is 0 Å². The number of halogens is 1. The highest BCUT2D eigenvalue weighted by molar-refractivity contribution is 7.18. The molecular weight excluding hydrogens is 250 g/mol. The van der Waals surface area contributed by atoms with E-state index in [9.17, 15) is 4.79 Å². The van der Waals surface area contributed by atoms with Crippen molar-refractivity contribution in [3.63, 3.8) is 0 Å². The summed E-state index contributed by atoms with van der Waals surface area (Å²) in [4.78, 5) is 16.5. The molecule has 15 heavy (non-hydrogen) atoms. The summed E-state index contributed by atoms with van der Waals surface area (Å²) < 4.78 is 0.660. The SMILES string of the molecule is O=C(CCc1nccs1)c1ccc(Cl)s1. The molecule has 5 heteroatoms. The summed E-state index contributed by atoms with van der Waals surface area (Å²) in [5, 5.41) is 2.92. The number of hydrogen-bond donors (Lipinski definition) is 0. The standard InChI is InChI=1S/C10H8ClNOS2/c11-9-3-2-8(15-9)7(13)1-4-10-12-5-6-14-10/h2-3,5-6H,1,4H2. The lowest BCUT2D eigenvalue weighted by atomic mass is 10.2. The summed E-state index contributed by atoms with van der Waals surface area (Å²) in [6.45, 7) is 0. The largest absolute Gasteiger partial charge is 0.293 e. The first-order valence-corrected chi connectivity index (χ1v) is 6.50. The molecule has 0 aromatic carbocycles. The highest BCUT2D eigenvalue weighted by Gasteiger charge is 2.09. The van der Waals surface area contributed by atoms with Crippen molar-refractivity contribution in [2.24, 2.45) is 0 Å². The van der Waals surface area contributed by atoms with Crippen molar-refractivity contribution in [1.82, 2.24) is 4.98 Å². The smallest absolute Gasteiger partial charge is 0.173 e. The molecular formula is C10H8ClNOS2. The highest BCUT2D eigenvalue weighted by Crippen LogP contribution is 2.23. The van der Waals surface area contributed by atoms with Crippen LogP contribution in [-0.4, -0.2) is 10.8 Å². The summed E-state index contributed by atoms with van der Waals surface area (Å²) in [5.74, 6) is 0.141. The van der Waals surface area contributed by atoms with Gasteiger partial charge in [-0.2, -0.15) is 0 Å². The van der Waals surface area contributed by atoms with Crippen LogP contribution in [0.25, 0.3) is 0 Å². The first-order chi connectivity index (χ1) is 7.25. The lowest BCUT2D eigenvalue weighted by molar-refractivity contribution is 0.0986. The Labute approximate surface area is 101 Å². The van der Waals surface area contributed by atoms with Crippen molar-refractivity contribution < 1.29 is 4.79 Å². The van der Waals surface area contributed by atoms with Crippen molar-refractivity contribution in [2.75, 3.05) is 0 Å². The average molecular weight is 258 g/mol. The number of hydrogen-bond acceptors (Lipinski definition) is 4. The number of carbonyl (C=O) groups is 1. The molecule has 2 aromatic heterocycles. The summed E-state index contributed by atoms with van der Waals surface area (Å²) in [6, 6.07) is 3.53. The van der Waals surface area contributed by atoms with E-state index in [0.717, 1.165) is 9.88 Å². The van der Waals surface area contributed by atoms with Gasteiger partial charge < -0.3 is 0 Å². The Bertz CT molecular complexity index is 450. The van der Waals surface area contributed by atoms with Gasteiger partial charge in [0.2, 0.25) is 0 Å². The molecule has 0 spiro atoms. The maximum atomic E-state index is 11.7. The van der Waals surface area contributed by atoms with E-state index in [-0.39, 0.29) is 5.78 Å². The van der Waals surface area contributed by atoms with E-state index in [0.29, 0.717) is 17.2 Å². The third-order valence-corrected chi connectivity index (χ3v) is 4.01. The van der Waals surface area contributed by atoms with Gasteiger partial charge in [0.05, 0.1) is 14.2 Å². The highest BCUT2D eigenvalue weighted by atomic mass is 35.5. The summed E-state index contributed by atoms with van der Waals surface area (Å²) >= 11 is 8.67. The molecule has 78 valence electrons. The Kier molecular flexibility index (Phi) is 3.51. The van der Waals surface area contributed by atoms with Crippen molar-refractivity contribution in [2.45, 2.75) is 12.8 Å². The minimum Gasteiger partial charge on any atom is -0.293 e. The van der Waals surface area contributed by atoms with E-state index in [1.807, 2.05) is 5.38 Å². The quantitative estimate of drug-likeness (QED) is 0.783. The van der Waals surface area contributed by atoms with Crippen LogP contribution in [0, 0.1) is 0 Å². The molecule has 0 aliphatic rings. The molecule has 0 aliphatic heterocycles. The Morgan fingerprint density at radius 1 is 1.47 bits per heavy atom. The van der Waals surface area contributed by atoms with Crippen LogP contribution in [-0.2, 0) is 6.42 Å². The molecule has 2 aromatic rings. The second kappa shape index (κ2) is 4.88. The van der Waals surface area contributed by atoms with Gasteiger partial charge in [-0.05, 0) is 12.1 Å². The number of thiazole rings is 1. The molecule has 0 unspecified atom stereocenters. The predicted molar refractivity (Wildman–Crippen MR) is 64.1 cm³/mol. The summed E-state index contributed by atoms with van der Waals surface area (Å²) in [7, 11) is 0. The van der Waals surface area contributed by atoms with Crippen LogP contribution >= 0.6 is 34.3 Å². The minimum absolute atomic E-state index is 0.141. The summed E-state index contributed by atoms with van der Waals surface area (Å²) in [5.41, 5.74) is 0. The number of nitrogens with zero attached hydrogens (tertiary/aromatic N) is 1. The minimum atomic E-state index is 0.141. The zero-order valence-electron chi connectivity index (χ0n) is 7.77. The van der Waals surface area contributed by atoms with E-state index in [1.165, 1.54) is 11.3 Å². The fourth-order valence-corrected chi connectivity index (χ4v) is 2.82. The van der Waals surface area contributed by atoms with Crippen LogP contribution in [0.1, 0.15) is 21.1 Å². The lowest BCUT2D eigenvalue weighted by Crippen LogP contribution is -1.98. The molecule has 2 heterocycles.